The molecule has 0 bridgehead atoms. The number of nitrogens with zero attached hydrogens (tertiary/aromatic N) is 5. The fourth-order valence-electron chi connectivity index (χ4n) is 3.06. The number of hydrogen-bond donors (Lipinski definition) is 0. The first-order chi connectivity index (χ1) is 11.7. The van der Waals surface area contributed by atoms with E-state index < -0.39 is 0 Å². The van der Waals surface area contributed by atoms with Crippen LogP contribution in [0.1, 0.15) is 19.3 Å². The third kappa shape index (κ3) is 3.50. The highest BCUT2D eigenvalue weighted by Gasteiger charge is 2.34. The molecule has 3 rings (SSSR count). The SMILES string of the molecule is COc1nc(OC)nc(N2CCCCC2C(=O)N2CCOCC2)n1. The summed E-state index contributed by atoms with van der Waals surface area (Å²) in [4.78, 5) is 29.4. The third-order valence-electron chi connectivity index (χ3n) is 4.32. The molecule has 1 aromatic rings. The van der Waals surface area contributed by atoms with E-state index in [1.807, 2.05) is 9.80 Å². The third-order valence-corrected chi connectivity index (χ3v) is 4.32. The van der Waals surface area contributed by atoms with Gasteiger partial charge < -0.3 is 24.0 Å². The van der Waals surface area contributed by atoms with Crippen LogP contribution < -0.4 is 14.4 Å². The summed E-state index contributed by atoms with van der Waals surface area (Å²) in [5.41, 5.74) is 0. The average molecular weight is 337 g/mol. The minimum Gasteiger partial charge on any atom is -0.467 e. The van der Waals surface area contributed by atoms with Crippen molar-refractivity contribution in [3.05, 3.63) is 0 Å². The van der Waals surface area contributed by atoms with E-state index in [1.165, 1.54) is 14.2 Å². The van der Waals surface area contributed by atoms with Crippen molar-refractivity contribution in [3.8, 4) is 12.0 Å². The van der Waals surface area contributed by atoms with Gasteiger partial charge in [0, 0.05) is 19.6 Å². The summed E-state index contributed by atoms with van der Waals surface area (Å²) in [6, 6.07) is 0.0913. The van der Waals surface area contributed by atoms with Crippen molar-refractivity contribution in [2.45, 2.75) is 25.3 Å². The Labute approximate surface area is 140 Å². The van der Waals surface area contributed by atoms with Gasteiger partial charge in [0.25, 0.3) is 0 Å². The molecule has 1 amide bonds. The molecule has 0 aliphatic carbocycles. The highest BCUT2D eigenvalue weighted by molar-refractivity contribution is 5.85. The molecule has 0 N–H and O–H groups in total. The Morgan fingerprint density at radius 3 is 2.33 bits per heavy atom. The van der Waals surface area contributed by atoms with Gasteiger partial charge in [0.1, 0.15) is 6.04 Å². The molecule has 9 nitrogen and oxygen atoms in total. The predicted molar refractivity (Wildman–Crippen MR) is 85.3 cm³/mol. The van der Waals surface area contributed by atoms with Crippen LogP contribution in [-0.4, -0.2) is 78.9 Å². The van der Waals surface area contributed by atoms with Gasteiger partial charge in [-0.3, -0.25) is 4.79 Å². The molecule has 0 spiro atoms. The molecular weight excluding hydrogens is 314 g/mol. The number of amides is 1. The molecule has 2 aliphatic heterocycles. The van der Waals surface area contributed by atoms with Crippen molar-refractivity contribution in [1.82, 2.24) is 19.9 Å². The minimum atomic E-state index is -0.270. The lowest BCUT2D eigenvalue weighted by atomic mass is 10.0. The number of piperidine rings is 1. The Hall–Kier alpha value is -2.16. The van der Waals surface area contributed by atoms with Gasteiger partial charge >= 0.3 is 12.0 Å². The van der Waals surface area contributed by atoms with Crippen LogP contribution >= 0.6 is 0 Å². The molecule has 132 valence electrons. The monoisotopic (exact) mass is 337 g/mol. The number of rotatable bonds is 4. The highest BCUT2D eigenvalue weighted by atomic mass is 16.5. The molecule has 0 aromatic carbocycles. The van der Waals surface area contributed by atoms with Gasteiger partial charge in [0.15, 0.2) is 0 Å². The summed E-state index contributed by atoms with van der Waals surface area (Å²) in [7, 11) is 2.98. The Bertz CT molecular complexity index is 557. The van der Waals surface area contributed by atoms with Gasteiger partial charge in [-0.05, 0) is 19.3 Å². The first-order valence-electron chi connectivity index (χ1n) is 8.20. The largest absolute Gasteiger partial charge is 0.467 e. The van der Waals surface area contributed by atoms with Crippen LogP contribution in [0, 0.1) is 0 Å². The lowest BCUT2D eigenvalue weighted by Gasteiger charge is -2.38. The van der Waals surface area contributed by atoms with E-state index in [1.54, 1.807) is 0 Å². The summed E-state index contributed by atoms with van der Waals surface area (Å²) in [5.74, 6) is 0.529. The quantitative estimate of drug-likeness (QED) is 0.764. The van der Waals surface area contributed by atoms with Gasteiger partial charge in [0.05, 0.1) is 27.4 Å². The number of carbonyl (C=O) groups is 1. The zero-order chi connectivity index (χ0) is 16.9. The van der Waals surface area contributed by atoms with E-state index >= 15 is 0 Å². The van der Waals surface area contributed by atoms with Gasteiger partial charge in [0.2, 0.25) is 11.9 Å². The Balaban J connectivity index is 1.85. The van der Waals surface area contributed by atoms with E-state index in [-0.39, 0.29) is 24.0 Å². The maximum absolute atomic E-state index is 12.9. The van der Waals surface area contributed by atoms with Crippen molar-refractivity contribution >= 4 is 11.9 Å². The maximum atomic E-state index is 12.9. The summed E-state index contributed by atoms with van der Waals surface area (Å²) in [6.07, 6.45) is 2.78. The lowest BCUT2D eigenvalue weighted by Crippen LogP contribution is -2.54. The van der Waals surface area contributed by atoms with Crippen molar-refractivity contribution in [2.75, 3.05) is 52.0 Å². The summed E-state index contributed by atoms with van der Waals surface area (Å²) >= 11 is 0. The van der Waals surface area contributed by atoms with E-state index in [2.05, 4.69) is 15.0 Å². The van der Waals surface area contributed by atoms with Gasteiger partial charge in [-0.15, -0.1) is 4.98 Å². The maximum Gasteiger partial charge on any atom is 0.324 e. The molecule has 3 heterocycles. The smallest absolute Gasteiger partial charge is 0.324 e. The van der Waals surface area contributed by atoms with Gasteiger partial charge in [-0.2, -0.15) is 9.97 Å². The van der Waals surface area contributed by atoms with Crippen molar-refractivity contribution in [1.29, 1.82) is 0 Å². The number of anilines is 1. The molecule has 1 unspecified atom stereocenters. The first-order valence-corrected chi connectivity index (χ1v) is 8.20. The Morgan fingerprint density at radius 1 is 1.04 bits per heavy atom. The van der Waals surface area contributed by atoms with Crippen LogP contribution in [0.3, 0.4) is 0 Å². The summed E-state index contributed by atoms with van der Waals surface area (Å²) in [5, 5.41) is 0. The number of hydrogen-bond acceptors (Lipinski definition) is 8. The topological polar surface area (TPSA) is 89.9 Å². The molecule has 0 radical (unpaired) electrons. The molecule has 24 heavy (non-hydrogen) atoms. The summed E-state index contributed by atoms with van der Waals surface area (Å²) < 4.78 is 15.6. The van der Waals surface area contributed by atoms with Gasteiger partial charge in [-0.1, -0.05) is 0 Å². The number of carbonyl (C=O) groups excluding carboxylic acids is 1. The molecule has 1 aromatic heterocycles. The lowest BCUT2D eigenvalue weighted by molar-refractivity contribution is -0.137. The fourth-order valence-corrected chi connectivity index (χ4v) is 3.06. The molecule has 2 saturated heterocycles. The zero-order valence-corrected chi connectivity index (χ0v) is 14.1. The normalized spacial score (nSPS) is 21.5. The van der Waals surface area contributed by atoms with Crippen LogP contribution in [0.4, 0.5) is 5.95 Å². The van der Waals surface area contributed by atoms with Crippen molar-refractivity contribution in [3.63, 3.8) is 0 Å². The minimum absolute atomic E-state index is 0.108. The molecule has 1 atom stereocenters. The van der Waals surface area contributed by atoms with Crippen LogP contribution in [0.2, 0.25) is 0 Å². The van der Waals surface area contributed by atoms with Crippen LogP contribution in [0.15, 0.2) is 0 Å². The van der Waals surface area contributed by atoms with Crippen LogP contribution in [0.25, 0.3) is 0 Å². The predicted octanol–water partition coefficient (Wildman–Crippen LogP) is 0.107. The average Bonchev–Trinajstić information content (AvgIpc) is 2.67. The second-order valence-electron chi connectivity index (χ2n) is 5.75. The van der Waals surface area contributed by atoms with Crippen molar-refractivity contribution in [2.24, 2.45) is 0 Å². The van der Waals surface area contributed by atoms with E-state index in [0.717, 1.165) is 25.8 Å². The highest BCUT2D eigenvalue weighted by Crippen LogP contribution is 2.25. The standard InChI is InChI=1S/C15H23N5O4/c1-22-14-16-13(17-15(18-14)23-2)20-6-4-3-5-11(20)12(21)19-7-9-24-10-8-19/h11H,3-10H2,1-2H3. The van der Waals surface area contributed by atoms with Crippen LogP contribution in [0.5, 0.6) is 12.0 Å². The zero-order valence-electron chi connectivity index (χ0n) is 14.1. The summed E-state index contributed by atoms with van der Waals surface area (Å²) in [6.45, 7) is 3.16. The molecule has 2 fully saturated rings. The number of aromatic nitrogens is 3. The molecule has 9 heteroatoms. The van der Waals surface area contributed by atoms with Crippen molar-refractivity contribution < 1.29 is 19.0 Å². The van der Waals surface area contributed by atoms with E-state index in [9.17, 15) is 4.79 Å². The number of methoxy groups -OCH3 is 2. The molecule has 2 aliphatic rings. The second-order valence-corrected chi connectivity index (χ2v) is 5.75. The first kappa shape index (κ1) is 16.7. The fraction of sp³-hybridized carbons (Fsp3) is 0.733. The van der Waals surface area contributed by atoms with Crippen LogP contribution in [-0.2, 0) is 9.53 Å². The molecular formula is C15H23N5O4. The number of morpholine rings is 1. The molecule has 0 saturated carbocycles. The van der Waals surface area contributed by atoms with E-state index in [0.29, 0.717) is 32.3 Å². The van der Waals surface area contributed by atoms with E-state index in [4.69, 9.17) is 14.2 Å². The second kappa shape index (κ2) is 7.61. The Kier molecular flexibility index (Phi) is 5.29. The Morgan fingerprint density at radius 2 is 1.71 bits per heavy atom. The number of ether oxygens (including phenoxy) is 3. The van der Waals surface area contributed by atoms with Gasteiger partial charge in [-0.25, -0.2) is 0 Å².